The van der Waals surface area contributed by atoms with E-state index in [0.717, 1.165) is 0 Å². The lowest BCUT2D eigenvalue weighted by atomic mass is 10.1. The first-order valence-corrected chi connectivity index (χ1v) is 6.53. The van der Waals surface area contributed by atoms with Gasteiger partial charge in [0, 0.05) is 11.6 Å². The van der Waals surface area contributed by atoms with Gasteiger partial charge in [0.15, 0.2) is 0 Å². The van der Waals surface area contributed by atoms with Gasteiger partial charge in [-0.05, 0) is 18.2 Å². The fourth-order valence-electron chi connectivity index (χ4n) is 1.90. The molecule has 2 aromatic rings. The van der Waals surface area contributed by atoms with Gasteiger partial charge < -0.3 is 19.3 Å². The summed E-state index contributed by atoms with van der Waals surface area (Å²) in [4.78, 5) is 11.9. The molecule has 0 aliphatic rings. The second kappa shape index (κ2) is 7.17. The number of aromatic hydroxyl groups is 1. The molecule has 0 bridgehead atoms. The van der Waals surface area contributed by atoms with Crippen molar-refractivity contribution in [1.82, 2.24) is 0 Å². The first kappa shape index (κ1) is 15.4. The van der Waals surface area contributed by atoms with Gasteiger partial charge in [0.25, 0.3) is 0 Å². The minimum Gasteiger partial charge on any atom is -0.508 e. The van der Waals surface area contributed by atoms with Gasteiger partial charge in [0.1, 0.15) is 22.8 Å². The molecule has 2 aromatic carbocycles. The monoisotopic (exact) mass is 300 g/mol. The van der Waals surface area contributed by atoms with Gasteiger partial charge in [0.2, 0.25) is 0 Å². The van der Waals surface area contributed by atoms with Crippen LogP contribution in [0.3, 0.4) is 0 Å². The maximum absolute atomic E-state index is 11.9. The normalized spacial score (nSPS) is 10.9. The number of hydrogen-bond acceptors (Lipinski definition) is 5. The van der Waals surface area contributed by atoms with E-state index in [1.807, 2.05) is 0 Å². The smallest absolute Gasteiger partial charge is 0.341 e. The predicted octanol–water partition coefficient (Wildman–Crippen LogP) is 3.34. The van der Waals surface area contributed by atoms with Crippen molar-refractivity contribution >= 4 is 11.5 Å². The third kappa shape index (κ3) is 3.58. The Bertz CT molecular complexity index is 691. The number of methoxy groups -OCH3 is 2. The Morgan fingerprint density at radius 1 is 1.09 bits per heavy atom. The van der Waals surface area contributed by atoms with Crippen LogP contribution in [0.2, 0.25) is 0 Å². The van der Waals surface area contributed by atoms with Crippen LogP contribution in [0.25, 0.3) is 5.57 Å². The Labute approximate surface area is 128 Å². The summed E-state index contributed by atoms with van der Waals surface area (Å²) in [5.74, 6) is 0.459. The van der Waals surface area contributed by atoms with E-state index in [-0.39, 0.29) is 11.3 Å². The molecule has 114 valence electrons. The molecule has 1 N–H and O–H groups in total. The summed E-state index contributed by atoms with van der Waals surface area (Å²) in [6.07, 6.45) is 1.30. The second-order valence-electron chi connectivity index (χ2n) is 4.35. The van der Waals surface area contributed by atoms with Crippen molar-refractivity contribution in [3.8, 4) is 17.2 Å². The van der Waals surface area contributed by atoms with E-state index in [4.69, 9.17) is 14.2 Å². The Morgan fingerprint density at radius 3 is 2.55 bits per heavy atom. The Balaban J connectivity index is 2.41. The average Bonchev–Trinajstić information content (AvgIpc) is 2.53. The van der Waals surface area contributed by atoms with Gasteiger partial charge in [-0.3, -0.25) is 0 Å². The van der Waals surface area contributed by atoms with Gasteiger partial charge in [-0.2, -0.15) is 0 Å². The summed E-state index contributed by atoms with van der Waals surface area (Å²) in [5, 5.41) is 9.49. The van der Waals surface area contributed by atoms with Crippen molar-refractivity contribution in [2.24, 2.45) is 0 Å². The molecule has 0 fully saturated rings. The lowest BCUT2D eigenvalue weighted by Gasteiger charge is -2.12. The molecule has 22 heavy (non-hydrogen) atoms. The zero-order chi connectivity index (χ0) is 15.9. The number of hydrogen-bond donors (Lipinski definition) is 1. The Morgan fingerprint density at radius 2 is 1.86 bits per heavy atom. The molecule has 0 atom stereocenters. The van der Waals surface area contributed by atoms with Crippen molar-refractivity contribution in [3.05, 3.63) is 60.4 Å². The standard InChI is InChI=1S/C17H16O5/c1-20-11-15(17(19)21-2)14-8-3-4-9-16(14)22-13-7-5-6-12(18)10-13/h3-11,18H,1-2H3. The largest absolute Gasteiger partial charge is 0.508 e. The lowest BCUT2D eigenvalue weighted by Crippen LogP contribution is -2.05. The van der Waals surface area contributed by atoms with Crippen molar-refractivity contribution in [1.29, 1.82) is 0 Å². The van der Waals surface area contributed by atoms with Crippen molar-refractivity contribution in [2.75, 3.05) is 14.2 Å². The molecule has 0 spiro atoms. The van der Waals surface area contributed by atoms with Crippen molar-refractivity contribution in [3.63, 3.8) is 0 Å². The summed E-state index contributed by atoms with van der Waals surface area (Å²) < 4.78 is 15.5. The molecule has 5 nitrogen and oxygen atoms in total. The van der Waals surface area contributed by atoms with Crippen LogP contribution in [-0.2, 0) is 14.3 Å². The van der Waals surface area contributed by atoms with E-state index in [0.29, 0.717) is 17.1 Å². The molecule has 0 heterocycles. The van der Waals surface area contributed by atoms with Crippen LogP contribution in [0, 0.1) is 0 Å². The molecule has 2 rings (SSSR count). The van der Waals surface area contributed by atoms with E-state index in [1.165, 1.54) is 26.5 Å². The lowest BCUT2D eigenvalue weighted by molar-refractivity contribution is -0.133. The molecule has 5 heteroatoms. The van der Waals surface area contributed by atoms with Crippen LogP contribution >= 0.6 is 0 Å². The van der Waals surface area contributed by atoms with E-state index in [2.05, 4.69) is 0 Å². The van der Waals surface area contributed by atoms with Crippen molar-refractivity contribution in [2.45, 2.75) is 0 Å². The maximum Gasteiger partial charge on any atom is 0.341 e. The van der Waals surface area contributed by atoms with E-state index in [1.54, 1.807) is 42.5 Å². The van der Waals surface area contributed by atoms with E-state index < -0.39 is 5.97 Å². The summed E-state index contributed by atoms with van der Waals surface area (Å²) >= 11 is 0. The highest BCUT2D eigenvalue weighted by molar-refractivity contribution is 6.17. The number of rotatable bonds is 5. The van der Waals surface area contributed by atoms with Gasteiger partial charge in [-0.25, -0.2) is 4.79 Å². The number of phenolic OH excluding ortho intramolecular Hbond substituents is 1. The topological polar surface area (TPSA) is 65.0 Å². The molecule has 0 saturated carbocycles. The summed E-state index contributed by atoms with van der Waals surface area (Å²) in [6, 6.07) is 13.4. The SMILES string of the molecule is COC=C(C(=O)OC)c1ccccc1Oc1cccc(O)c1. The second-order valence-corrected chi connectivity index (χ2v) is 4.35. The molecular weight excluding hydrogens is 284 g/mol. The fraction of sp³-hybridized carbons (Fsp3) is 0.118. The van der Waals surface area contributed by atoms with Crippen LogP contribution in [0.4, 0.5) is 0 Å². The third-order valence-corrected chi connectivity index (χ3v) is 2.86. The van der Waals surface area contributed by atoms with Crippen LogP contribution in [0.1, 0.15) is 5.56 Å². The van der Waals surface area contributed by atoms with Gasteiger partial charge in [-0.15, -0.1) is 0 Å². The quantitative estimate of drug-likeness (QED) is 0.521. The van der Waals surface area contributed by atoms with Gasteiger partial charge in [-0.1, -0.05) is 24.3 Å². The fourth-order valence-corrected chi connectivity index (χ4v) is 1.90. The van der Waals surface area contributed by atoms with Crippen LogP contribution in [0.15, 0.2) is 54.8 Å². The molecule has 0 unspecified atom stereocenters. The van der Waals surface area contributed by atoms with Crippen LogP contribution in [-0.4, -0.2) is 25.3 Å². The maximum atomic E-state index is 11.9. The number of benzene rings is 2. The zero-order valence-corrected chi connectivity index (χ0v) is 12.3. The molecular formula is C17H16O5. The predicted molar refractivity (Wildman–Crippen MR) is 81.6 cm³/mol. The molecule has 0 radical (unpaired) electrons. The summed E-state index contributed by atoms with van der Waals surface area (Å²) in [7, 11) is 2.74. The number of para-hydroxylation sites is 1. The third-order valence-electron chi connectivity index (χ3n) is 2.86. The number of phenols is 1. The number of ether oxygens (including phenoxy) is 3. The van der Waals surface area contributed by atoms with Gasteiger partial charge in [0.05, 0.1) is 20.5 Å². The van der Waals surface area contributed by atoms with Crippen molar-refractivity contribution < 1.29 is 24.1 Å². The molecule has 0 amide bonds. The van der Waals surface area contributed by atoms with Crippen LogP contribution in [0.5, 0.6) is 17.2 Å². The minimum absolute atomic E-state index is 0.0932. The highest BCUT2D eigenvalue weighted by atomic mass is 16.5. The highest BCUT2D eigenvalue weighted by Crippen LogP contribution is 2.32. The highest BCUT2D eigenvalue weighted by Gasteiger charge is 2.18. The number of carbonyl (C=O) groups excluding carboxylic acids is 1. The van der Waals surface area contributed by atoms with Gasteiger partial charge >= 0.3 is 5.97 Å². The first-order chi connectivity index (χ1) is 10.7. The molecule has 0 aromatic heterocycles. The summed E-state index contributed by atoms with van der Waals surface area (Å²) in [5.41, 5.74) is 0.764. The molecule has 0 aliphatic heterocycles. The minimum atomic E-state index is -0.534. The molecule has 0 saturated heterocycles. The number of carbonyl (C=O) groups is 1. The van der Waals surface area contributed by atoms with Crippen LogP contribution < -0.4 is 4.74 Å². The Hall–Kier alpha value is -2.95. The summed E-state index contributed by atoms with van der Waals surface area (Å²) in [6.45, 7) is 0. The van der Waals surface area contributed by atoms with E-state index >= 15 is 0 Å². The van der Waals surface area contributed by atoms with E-state index in [9.17, 15) is 9.90 Å². The average molecular weight is 300 g/mol. The zero-order valence-electron chi connectivity index (χ0n) is 12.3. The molecule has 0 aliphatic carbocycles. The Kier molecular flexibility index (Phi) is 5.03. The first-order valence-electron chi connectivity index (χ1n) is 6.53. The number of esters is 1.